The van der Waals surface area contributed by atoms with Crippen LogP contribution in [0.4, 0.5) is 16.2 Å². The Morgan fingerprint density at radius 2 is 1.77 bits per heavy atom. The Hall–Kier alpha value is -2.73. The van der Waals surface area contributed by atoms with Gasteiger partial charge in [0.15, 0.2) is 0 Å². The second-order valence-electron chi connectivity index (χ2n) is 6.53. The summed E-state index contributed by atoms with van der Waals surface area (Å²) in [6.07, 6.45) is 0. The number of nitrogens with zero attached hydrogens (tertiary/aromatic N) is 2. The highest BCUT2D eigenvalue weighted by Gasteiger charge is 2.15. The maximum Gasteiger partial charge on any atom is 0.319 e. The zero-order chi connectivity index (χ0) is 19.1. The number of anilines is 2. The Balaban J connectivity index is 1.98. The molecule has 6 heteroatoms. The van der Waals surface area contributed by atoms with Gasteiger partial charge in [0.05, 0.1) is 13.2 Å². The van der Waals surface area contributed by atoms with Crippen LogP contribution in [0.25, 0.3) is 0 Å². The Morgan fingerprint density at radius 3 is 2.35 bits per heavy atom. The monoisotopic (exact) mass is 356 g/mol. The Kier molecular flexibility index (Phi) is 6.86. The van der Waals surface area contributed by atoms with Gasteiger partial charge in [-0.1, -0.05) is 18.2 Å². The van der Waals surface area contributed by atoms with Crippen molar-refractivity contribution in [1.29, 1.82) is 0 Å². The fourth-order valence-corrected chi connectivity index (χ4v) is 2.66. The molecule has 0 spiro atoms. The summed E-state index contributed by atoms with van der Waals surface area (Å²) in [6, 6.07) is 15.5. The van der Waals surface area contributed by atoms with E-state index in [1.807, 2.05) is 46.4 Å². The second-order valence-corrected chi connectivity index (χ2v) is 6.53. The fourth-order valence-electron chi connectivity index (χ4n) is 2.66. The molecular weight excluding hydrogens is 328 g/mol. The lowest BCUT2D eigenvalue weighted by atomic mass is 10.1. The van der Waals surface area contributed by atoms with E-state index in [1.54, 1.807) is 13.2 Å². The SMILES string of the molecule is COc1cccc(NC(=O)NCC(c2ccc(N(C)C)cc2)N(C)C)c1. The molecule has 2 N–H and O–H groups in total. The summed E-state index contributed by atoms with van der Waals surface area (Å²) < 4.78 is 5.17. The fraction of sp³-hybridized carbons (Fsp3) is 0.350. The van der Waals surface area contributed by atoms with Gasteiger partial charge < -0.3 is 25.2 Å². The first kappa shape index (κ1) is 19.6. The smallest absolute Gasteiger partial charge is 0.319 e. The van der Waals surface area contributed by atoms with Gasteiger partial charge >= 0.3 is 6.03 Å². The first-order valence-electron chi connectivity index (χ1n) is 8.53. The summed E-state index contributed by atoms with van der Waals surface area (Å²) in [7, 11) is 9.65. The van der Waals surface area contributed by atoms with E-state index in [9.17, 15) is 4.79 Å². The van der Waals surface area contributed by atoms with Crippen LogP contribution < -0.4 is 20.3 Å². The van der Waals surface area contributed by atoms with Crippen LogP contribution in [0.1, 0.15) is 11.6 Å². The summed E-state index contributed by atoms with van der Waals surface area (Å²) in [5.41, 5.74) is 3.00. The van der Waals surface area contributed by atoms with Crippen LogP contribution in [-0.4, -0.2) is 52.8 Å². The van der Waals surface area contributed by atoms with Gasteiger partial charge in [-0.15, -0.1) is 0 Å². The molecule has 0 aliphatic heterocycles. The van der Waals surface area contributed by atoms with Crippen molar-refractivity contribution in [2.24, 2.45) is 0 Å². The van der Waals surface area contributed by atoms with Crippen molar-refractivity contribution < 1.29 is 9.53 Å². The average Bonchev–Trinajstić information content (AvgIpc) is 2.62. The van der Waals surface area contributed by atoms with E-state index in [4.69, 9.17) is 4.74 Å². The number of hydrogen-bond donors (Lipinski definition) is 2. The summed E-state index contributed by atoms with van der Waals surface area (Å²) in [6.45, 7) is 0.504. The quantitative estimate of drug-likeness (QED) is 0.800. The molecule has 0 heterocycles. The number of carbonyl (C=O) groups is 1. The zero-order valence-corrected chi connectivity index (χ0v) is 16.1. The molecule has 6 nitrogen and oxygen atoms in total. The Labute approximate surface area is 155 Å². The predicted octanol–water partition coefficient (Wildman–Crippen LogP) is 3.19. The minimum Gasteiger partial charge on any atom is -0.497 e. The van der Waals surface area contributed by atoms with Gasteiger partial charge in [-0.25, -0.2) is 4.79 Å². The van der Waals surface area contributed by atoms with Gasteiger partial charge in [-0.2, -0.15) is 0 Å². The van der Waals surface area contributed by atoms with Crippen LogP contribution in [-0.2, 0) is 0 Å². The third-order valence-electron chi connectivity index (χ3n) is 4.20. The minimum absolute atomic E-state index is 0.0854. The highest BCUT2D eigenvalue weighted by atomic mass is 16.5. The van der Waals surface area contributed by atoms with Gasteiger partial charge in [-0.3, -0.25) is 0 Å². The van der Waals surface area contributed by atoms with Crippen LogP contribution in [0.2, 0.25) is 0 Å². The van der Waals surface area contributed by atoms with Gasteiger partial charge in [0.25, 0.3) is 0 Å². The van der Waals surface area contributed by atoms with Crippen molar-refractivity contribution in [2.45, 2.75) is 6.04 Å². The molecule has 0 bridgehead atoms. The van der Waals surface area contributed by atoms with Crippen LogP contribution in [0, 0.1) is 0 Å². The number of ether oxygens (including phenoxy) is 1. The number of carbonyl (C=O) groups excluding carboxylic acids is 1. The molecule has 0 saturated heterocycles. The molecule has 1 unspecified atom stereocenters. The lowest BCUT2D eigenvalue weighted by Gasteiger charge is -2.26. The third-order valence-corrected chi connectivity index (χ3v) is 4.20. The van der Waals surface area contributed by atoms with E-state index in [-0.39, 0.29) is 12.1 Å². The van der Waals surface area contributed by atoms with Crippen molar-refractivity contribution in [3.8, 4) is 5.75 Å². The minimum atomic E-state index is -0.241. The van der Waals surface area contributed by atoms with Crippen molar-refractivity contribution >= 4 is 17.4 Å². The summed E-state index contributed by atoms with van der Waals surface area (Å²) in [5, 5.41) is 5.77. The molecule has 0 aromatic heterocycles. The number of likely N-dealkylation sites (N-methyl/N-ethyl adjacent to an activating group) is 1. The molecule has 140 valence electrons. The van der Waals surface area contributed by atoms with E-state index < -0.39 is 0 Å². The van der Waals surface area contributed by atoms with Crippen LogP contribution in [0.3, 0.4) is 0 Å². The third kappa shape index (κ3) is 5.39. The summed E-state index contributed by atoms with van der Waals surface area (Å²) in [4.78, 5) is 16.4. The molecule has 0 aliphatic rings. The van der Waals surface area contributed by atoms with Gasteiger partial charge in [0, 0.05) is 38.1 Å². The number of nitrogens with one attached hydrogen (secondary N) is 2. The van der Waals surface area contributed by atoms with Crippen molar-refractivity contribution in [1.82, 2.24) is 10.2 Å². The molecule has 0 radical (unpaired) electrons. The van der Waals surface area contributed by atoms with Gasteiger partial charge in [-0.05, 0) is 43.9 Å². The standard InChI is InChI=1S/C20H28N4O2/c1-23(2)17-11-9-15(10-12-17)19(24(3)4)14-21-20(25)22-16-7-6-8-18(13-16)26-5/h6-13,19H,14H2,1-5H3,(H2,21,22,25). The number of hydrogen-bond acceptors (Lipinski definition) is 4. The van der Waals surface area contributed by atoms with Crippen LogP contribution >= 0.6 is 0 Å². The number of benzene rings is 2. The molecule has 0 aliphatic carbocycles. The van der Waals surface area contributed by atoms with Crippen molar-refractivity contribution in [3.63, 3.8) is 0 Å². The topological polar surface area (TPSA) is 56.8 Å². The summed E-state index contributed by atoms with van der Waals surface area (Å²) >= 11 is 0. The van der Waals surface area contributed by atoms with E-state index in [1.165, 1.54) is 0 Å². The maximum atomic E-state index is 12.2. The molecule has 0 fully saturated rings. The van der Waals surface area contributed by atoms with Crippen LogP contribution in [0.5, 0.6) is 5.75 Å². The zero-order valence-electron chi connectivity index (χ0n) is 16.1. The van der Waals surface area contributed by atoms with E-state index >= 15 is 0 Å². The molecule has 2 amide bonds. The number of amides is 2. The van der Waals surface area contributed by atoms with Crippen LogP contribution in [0.15, 0.2) is 48.5 Å². The molecular formula is C20H28N4O2. The molecule has 1 atom stereocenters. The first-order valence-corrected chi connectivity index (χ1v) is 8.53. The Bertz CT molecular complexity index is 714. The lowest BCUT2D eigenvalue weighted by molar-refractivity contribution is 0.243. The van der Waals surface area contributed by atoms with E-state index in [0.29, 0.717) is 18.0 Å². The number of rotatable bonds is 7. The predicted molar refractivity (Wildman–Crippen MR) is 107 cm³/mol. The highest BCUT2D eigenvalue weighted by molar-refractivity contribution is 5.89. The molecule has 2 aromatic carbocycles. The molecule has 26 heavy (non-hydrogen) atoms. The molecule has 0 saturated carbocycles. The largest absolute Gasteiger partial charge is 0.497 e. The van der Waals surface area contributed by atoms with Gasteiger partial charge in [0.1, 0.15) is 5.75 Å². The highest BCUT2D eigenvalue weighted by Crippen LogP contribution is 2.21. The van der Waals surface area contributed by atoms with Gasteiger partial charge in [0.2, 0.25) is 0 Å². The van der Waals surface area contributed by atoms with Crippen molar-refractivity contribution in [3.05, 3.63) is 54.1 Å². The Morgan fingerprint density at radius 1 is 1.08 bits per heavy atom. The average molecular weight is 356 g/mol. The first-order chi connectivity index (χ1) is 12.4. The normalized spacial score (nSPS) is 11.8. The summed E-state index contributed by atoms with van der Waals surface area (Å²) in [5.74, 6) is 0.704. The second kappa shape index (κ2) is 9.10. The molecule has 2 aromatic rings. The molecule has 2 rings (SSSR count). The van der Waals surface area contributed by atoms with E-state index in [2.05, 4.69) is 44.7 Å². The number of urea groups is 1. The maximum absolute atomic E-state index is 12.2. The lowest BCUT2D eigenvalue weighted by Crippen LogP contribution is -2.36. The van der Waals surface area contributed by atoms with E-state index in [0.717, 1.165) is 11.3 Å². The number of methoxy groups -OCH3 is 1. The van der Waals surface area contributed by atoms with Crippen molar-refractivity contribution in [2.75, 3.05) is 52.1 Å².